The molecule has 3 aromatic rings. The van der Waals surface area contributed by atoms with Crippen LogP contribution in [0.2, 0.25) is 5.15 Å². The van der Waals surface area contributed by atoms with Crippen LogP contribution < -0.4 is 20.3 Å². The Morgan fingerprint density at radius 1 is 1.34 bits per heavy atom. The van der Waals surface area contributed by atoms with Crippen molar-refractivity contribution in [2.24, 2.45) is 0 Å². The average Bonchev–Trinajstić information content (AvgIpc) is 3.32. The molecule has 3 heterocycles. The molecular formula is C22H26ClN7O2. The number of piperazine rings is 1. The van der Waals surface area contributed by atoms with E-state index in [9.17, 15) is 4.79 Å². The van der Waals surface area contributed by atoms with E-state index in [1.807, 2.05) is 24.3 Å². The van der Waals surface area contributed by atoms with Crippen molar-refractivity contribution < 1.29 is 9.53 Å². The minimum absolute atomic E-state index is 0.0426. The lowest BCUT2D eigenvalue weighted by atomic mass is 9.92. The van der Waals surface area contributed by atoms with Crippen molar-refractivity contribution in [2.45, 2.75) is 25.4 Å². The standard InChI is InChI=1S/C22H26ClN7O2/c1-22(12-20(31)26-13-16-4-3-5-17(10-16)32-2)14-24-7-9-30(22)19-11-18(23)27-21(28-19)29-8-6-25-15-29/h3-6,8,10-11,15,24H,7,9,12-14H2,1-2H3,(H,26,31). The molecule has 1 aliphatic heterocycles. The van der Waals surface area contributed by atoms with Crippen LogP contribution in [-0.2, 0) is 11.3 Å². The van der Waals surface area contributed by atoms with Gasteiger partial charge in [0.2, 0.25) is 11.9 Å². The number of methoxy groups -OCH3 is 1. The Morgan fingerprint density at radius 3 is 3.00 bits per heavy atom. The maximum absolute atomic E-state index is 12.9. The van der Waals surface area contributed by atoms with Gasteiger partial charge >= 0.3 is 0 Å². The highest BCUT2D eigenvalue weighted by Crippen LogP contribution is 2.29. The maximum Gasteiger partial charge on any atom is 0.238 e. The van der Waals surface area contributed by atoms with Crippen molar-refractivity contribution in [3.63, 3.8) is 0 Å². The van der Waals surface area contributed by atoms with Crippen molar-refractivity contribution in [1.29, 1.82) is 0 Å². The maximum atomic E-state index is 12.9. The first-order chi connectivity index (χ1) is 15.5. The topological polar surface area (TPSA) is 97.2 Å². The Kier molecular flexibility index (Phi) is 6.57. The molecule has 0 saturated carbocycles. The Hall–Kier alpha value is -3.17. The highest BCUT2D eigenvalue weighted by Gasteiger charge is 2.37. The Morgan fingerprint density at radius 2 is 2.22 bits per heavy atom. The van der Waals surface area contributed by atoms with Crippen molar-refractivity contribution in [3.8, 4) is 11.7 Å². The number of nitrogens with zero attached hydrogens (tertiary/aromatic N) is 5. The number of nitrogens with one attached hydrogen (secondary N) is 2. The summed E-state index contributed by atoms with van der Waals surface area (Å²) in [4.78, 5) is 28.0. The van der Waals surface area contributed by atoms with Gasteiger partial charge in [-0.3, -0.25) is 9.36 Å². The zero-order valence-corrected chi connectivity index (χ0v) is 18.8. The van der Waals surface area contributed by atoms with Crippen molar-refractivity contribution in [2.75, 3.05) is 31.6 Å². The average molecular weight is 456 g/mol. The first kappa shape index (κ1) is 22.0. The van der Waals surface area contributed by atoms with Gasteiger partial charge in [0.25, 0.3) is 0 Å². The molecule has 1 saturated heterocycles. The van der Waals surface area contributed by atoms with E-state index in [-0.39, 0.29) is 5.91 Å². The third kappa shape index (κ3) is 5.00. The van der Waals surface area contributed by atoms with Gasteiger partial charge < -0.3 is 20.3 Å². The molecule has 1 atom stereocenters. The van der Waals surface area contributed by atoms with Gasteiger partial charge in [0.1, 0.15) is 23.0 Å². The molecule has 2 N–H and O–H groups in total. The number of carbonyl (C=O) groups is 1. The molecule has 1 aromatic carbocycles. The van der Waals surface area contributed by atoms with E-state index in [2.05, 4.69) is 32.4 Å². The number of carbonyl (C=O) groups excluding carboxylic acids is 1. The molecule has 0 spiro atoms. The van der Waals surface area contributed by atoms with E-state index in [4.69, 9.17) is 21.3 Å². The second kappa shape index (κ2) is 9.54. The minimum Gasteiger partial charge on any atom is -0.497 e. The fourth-order valence-electron chi connectivity index (χ4n) is 3.88. The summed E-state index contributed by atoms with van der Waals surface area (Å²) in [6.45, 7) is 4.60. The third-order valence-corrected chi connectivity index (χ3v) is 5.71. The lowest BCUT2D eigenvalue weighted by molar-refractivity contribution is -0.122. The number of benzene rings is 1. The van der Waals surface area contributed by atoms with Crippen molar-refractivity contribution in [3.05, 3.63) is 59.8 Å². The van der Waals surface area contributed by atoms with Crippen LogP contribution in [0.5, 0.6) is 5.75 Å². The highest BCUT2D eigenvalue weighted by molar-refractivity contribution is 6.29. The number of hydrogen-bond acceptors (Lipinski definition) is 7. The molecule has 4 rings (SSSR count). The number of amides is 1. The molecule has 9 nitrogen and oxygen atoms in total. The number of rotatable bonds is 7. The van der Waals surface area contributed by atoms with Crippen molar-refractivity contribution >= 4 is 23.3 Å². The largest absolute Gasteiger partial charge is 0.497 e. The number of imidazole rings is 1. The molecule has 1 aliphatic rings. The summed E-state index contributed by atoms with van der Waals surface area (Å²) in [6.07, 6.45) is 5.34. The monoisotopic (exact) mass is 455 g/mol. The van der Waals surface area contributed by atoms with E-state index in [0.29, 0.717) is 43.0 Å². The first-order valence-electron chi connectivity index (χ1n) is 10.4. The summed E-state index contributed by atoms with van der Waals surface area (Å²) in [5.74, 6) is 1.84. The van der Waals surface area contributed by atoms with E-state index in [0.717, 1.165) is 17.9 Å². The summed E-state index contributed by atoms with van der Waals surface area (Å²) in [5.41, 5.74) is 0.495. The van der Waals surface area contributed by atoms with Gasteiger partial charge in [0.15, 0.2) is 0 Å². The van der Waals surface area contributed by atoms with Gasteiger partial charge in [-0.25, -0.2) is 9.97 Å². The lowest BCUT2D eigenvalue weighted by Crippen LogP contribution is -2.61. The number of hydrogen-bond donors (Lipinski definition) is 2. The van der Waals surface area contributed by atoms with Crippen molar-refractivity contribution in [1.82, 2.24) is 30.2 Å². The SMILES string of the molecule is COc1cccc(CNC(=O)CC2(C)CNCCN2c2cc(Cl)nc(-n3ccnc3)n2)c1. The molecule has 0 aliphatic carbocycles. The summed E-state index contributed by atoms with van der Waals surface area (Å²) in [5, 5.41) is 6.75. The lowest BCUT2D eigenvalue weighted by Gasteiger charge is -2.45. The Balaban J connectivity index is 1.50. The zero-order chi connectivity index (χ0) is 22.6. The van der Waals surface area contributed by atoms with Gasteiger partial charge in [-0.1, -0.05) is 23.7 Å². The number of aromatic nitrogens is 4. The molecule has 32 heavy (non-hydrogen) atoms. The fourth-order valence-corrected chi connectivity index (χ4v) is 4.05. The van der Waals surface area contributed by atoms with Gasteiger partial charge in [-0.2, -0.15) is 4.98 Å². The third-order valence-electron chi connectivity index (χ3n) is 5.52. The van der Waals surface area contributed by atoms with Crippen LogP contribution in [0, 0.1) is 0 Å². The first-order valence-corrected chi connectivity index (χ1v) is 10.8. The molecule has 1 fully saturated rings. The van der Waals surface area contributed by atoms with Gasteiger partial charge in [0.05, 0.1) is 19.1 Å². The molecule has 0 bridgehead atoms. The van der Waals surface area contributed by atoms with Gasteiger partial charge in [-0.05, 0) is 24.6 Å². The van der Waals surface area contributed by atoms with E-state index in [1.165, 1.54) is 0 Å². The van der Waals surface area contributed by atoms with Gasteiger partial charge in [-0.15, -0.1) is 0 Å². The minimum atomic E-state index is -0.486. The summed E-state index contributed by atoms with van der Waals surface area (Å²) < 4.78 is 6.96. The number of halogens is 1. The Labute approximate surface area is 191 Å². The number of ether oxygens (including phenoxy) is 1. The van der Waals surface area contributed by atoms with E-state index >= 15 is 0 Å². The van der Waals surface area contributed by atoms with Crippen LogP contribution in [0.3, 0.4) is 0 Å². The van der Waals surface area contributed by atoms with Crippen LogP contribution in [0.15, 0.2) is 49.1 Å². The molecule has 0 radical (unpaired) electrons. The zero-order valence-electron chi connectivity index (χ0n) is 18.1. The molecule has 1 amide bonds. The molecule has 2 aromatic heterocycles. The summed E-state index contributed by atoms with van der Waals surface area (Å²) in [6, 6.07) is 9.39. The predicted molar refractivity (Wildman–Crippen MR) is 122 cm³/mol. The summed E-state index contributed by atoms with van der Waals surface area (Å²) >= 11 is 6.31. The quantitative estimate of drug-likeness (QED) is 0.527. The Bertz CT molecular complexity index is 1080. The van der Waals surface area contributed by atoms with E-state index < -0.39 is 5.54 Å². The van der Waals surface area contributed by atoms with Gasteiger partial charge in [0, 0.05) is 44.6 Å². The second-order valence-electron chi connectivity index (χ2n) is 7.95. The number of anilines is 1. The van der Waals surface area contributed by atoms with Crippen LogP contribution in [0.25, 0.3) is 5.95 Å². The summed E-state index contributed by atoms with van der Waals surface area (Å²) in [7, 11) is 1.63. The normalized spacial score (nSPS) is 18.4. The fraction of sp³-hybridized carbons (Fsp3) is 0.364. The molecular weight excluding hydrogens is 430 g/mol. The van der Waals surface area contributed by atoms with Crippen LogP contribution in [0.4, 0.5) is 5.82 Å². The van der Waals surface area contributed by atoms with Crippen LogP contribution in [-0.4, -0.2) is 57.7 Å². The molecule has 168 valence electrons. The van der Waals surface area contributed by atoms with Crippen LogP contribution >= 0.6 is 11.6 Å². The molecule has 1 unspecified atom stereocenters. The highest BCUT2D eigenvalue weighted by atomic mass is 35.5. The predicted octanol–water partition coefficient (Wildman–Crippen LogP) is 2.20. The van der Waals surface area contributed by atoms with E-state index in [1.54, 1.807) is 36.5 Å². The van der Waals surface area contributed by atoms with Crippen LogP contribution in [0.1, 0.15) is 18.9 Å². The second-order valence-corrected chi connectivity index (χ2v) is 8.34. The molecule has 10 heteroatoms. The smallest absolute Gasteiger partial charge is 0.238 e.